The highest BCUT2D eigenvalue weighted by atomic mass is 35.5. The van der Waals surface area contributed by atoms with E-state index < -0.39 is 12.6 Å². The van der Waals surface area contributed by atoms with Gasteiger partial charge in [0.15, 0.2) is 0 Å². The molecule has 1 fully saturated rings. The van der Waals surface area contributed by atoms with Gasteiger partial charge in [0.1, 0.15) is 17.0 Å². The number of thiophene rings is 1. The predicted octanol–water partition coefficient (Wildman–Crippen LogP) is 5.69. The van der Waals surface area contributed by atoms with Crippen molar-refractivity contribution in [3.63, 3.8) is 0 Å². The molecule has 0 unspecified atom stereocenters. The molecule has 1 saturated carbocycles. The summed E-state index contributed by atoms with van der Waals surface area (Å²) >= 11 is 1.06. The molecule has 2 aromatic heterocycles. The Hall–Kier alpha value is -2.43. The number of carbonyl (C=O) groups excluding carboxylic acids is 1. The summed E-state index contributed by atoms with van der Waals surface area (Å²) in [6.45, 7) is 2.20. The van der Waals surface area contributed by atoms with Gasteiger partial charge in [-0.1, -0.05) is 12.1 Å². The van der Waals surface area contributed by atoms with Gasteiger partial charge in [0.2, 0.25) is 5.91 Å². The average molecular weight is 514 g/mol. The van der Waals surface area contributed by atoms with Crippen LogP contribution in [0.15, 0.2) is 36.7 Å². The SMILES string of the molecule is CC(=O)Nc1ccc(CN[C@H]2CCC[C@@H](Nc3ncnc4sc(CC(F)(F)F)cc34)C2)cc1.Cl. The largest absolute Gasteiger partial charge is 0.393 e. The summed E-state index contributed by atoms with van der Waals surface area (Å²) < 4.78 is 38.3. The fourth-order valence-electron chi connectivity index (χ4n) is 4.18. The lowest BCUT2D eigenvalue weighted by Crippen LogP contribution is -2.38. The number of fused-ring (bicyclic) bond motifs is 1. The predicted molar refractivity (Wildman–Crippen MR) is 132 cm³/mol. The molecule has 1 amide bonds. The molecule has 0 saturated heterocycles. The van der Waals surface area contributed by atoms with Crippen LogP contribution in [-0.2, 0) is 17.8 Å². The number of nitrogens with zero attached hydrogens (tertiary/aromatic N) is 2. The number of alkyl halides is 3. The molecule has 3 aromatic rings. The van der Waals surface area contributed by atoms with Crippen molar-refractivity contribution in [3.8, 4) is 0 Å². The summed E-state index contributed by atoms with van der Waals surface area (Å²) in [6, 6.07) is 9.82. The van der Waals surface area contributed by atoms with E-state index in [9.17, 15) is 18.0 Å². The zero-order valence-electron chi connectivity index (χ0n) is 18.6. The van der Waals surface area contributed by atoms with Gasteiger partial charge in [0.05, 0.1) is 11.8 Å². The number of aromatic nitrogens is 2. The van der Waals surface area contributed by atoms with E-state index in [0.29, 0.717) is 22.1 Å². The Morgan fingerprint density at radius 3 is 2.59 bits per heavy atom. The second-order valence-electron chi connectivity index (χ2n) is 8.41. The van der Waals surface area contributed by atoms with Gasteiger partial charge in [-0.15, -0.1) is 23.7 Å². The minimum Gasteiger partial charge on any atom is -0.367 e. The second-order valence-corrected chi connectivity index (χ2v) is 9.52. The lowest BCUT2D eigenvalue weighted by atomic mass is 9.90. The van der Waals surface area contributed by atoms with Crippen LogP contribution in [0, 0.1) is 0 Å². The molecule has 3 N–H and O–H groups in total. The van der Waals surface area contributed by atoms with Crippen LogP contribution < -0.4 is 16.0 Å². The third-order valence-corrected chi connectivity index (χ3v) is 6.68. The van der Waals surface area contributed by atoms with Crippen molar-refractivity contribution in [3.05, 3.63) is 47.1 Å². The third kappa shape index (κ3) is 7.28. The van der Waals surface area contributed by atoms with Crippen molar-refractivity contribution in [1.82, 2.24) is 15.3 Å². The Balaban J connectivity index is 0.00000324. The van der Waals surface area contributed by atoms with Gasteiger partial charge in [-0.3, -0.25) is 4.79 Å². The van der Waals surface area contributed by atoms with E-state index in [0.717, 1.165) is 54.8 Å². The number of nitrogens with one attached hydrogen (secondary N) is 3. The molecule has 0 radical (unpaired) electrons. The lowest BCUT2D eigenvalue weighted by molar-refractivity contribution is -0.126. The first-order valence-corrected chi connectivity index (χ1v) is 11.7. The fraction of sp³-hybridized carbons (Fsp3) is 0.435. The Morgan fingerprint density at radius 1 is 1.15 bits per heavy atom. The van der Waals surface area contributed by atoms with Crippen LogP contribution in [0.3, 0.4) is 0 Å². The first-order valence-electron chi connectivity index (χ1n) is 10.9. The van der Waals surface area contributed by atoms with Gasteiger partial charge in [-0.25, -0.2) is 9.97 Å². The number of hydrogen-bond acceptors (Lipinski definition) is 6. The highest BCUT2D eigenvalue weighted by Crippen LogP contribution is 2.33. The second kappa shape index (κ2) is 11.3. The number of rotatable bonds is 7. The summed E-state index contributed by atoms with van der Waals surface area (Å²) in [5.41, 5.74) is 1.91. The van der Waals surface area contributed by atoms with E-state index in [-0.39, 0.29) is 29.2 Å². The lowest BCUT2D eigenvalue weighted by Gasteiger charge is -2.31. The van der Waals surface area contributed by atoms with Gasteiger partial charge in [-0.2, -0.15) is 13.2 Å². The fourth-order valence-corrected chi connectivity index (χ4v) is 5.20. The van der Waals surface area contributed by atoms with Crippen molar-refractivity contribution in [2.75, 3.05) is 10.6 Å². The van der Waals surface area contributed by atoms with E-state index in [1.165, 1.54) is 13.3 Å². The van der Waals surface area contributed by atoms with Crippen molar-refractivity contribution in [1.29, 1.82) is 0 Å². The zero-order valence-corrected chi connectivity index (χ0v) is 20.2. The Labute approximate surface area is 206 Å². The van der Waals surface area contributed by atoms with Crippen LogP contribution in [0.1, 0.15) is 43.0 Å². The van der Waals surface area contributed by atoms with Crippen molar-refractivity contribution < 1.29 is 18.0 Å². The van der Waals surface area contributed by atoms with E-state index in [1.807, 2.05) is 24.3 Å². The number of carbonyl (C=O) groups is 1. The van der Waals surface area contributed by atoms with Crippen molar-refractivity contribution >= 4 is 51.4 Å². The summed E-state index contributed by atoms with van der Waals surface area (Å²) in [7, 11) is 0. The molecule has 1 aromatic carbocycles. The Bertz CT molecular complexity index is 1110. The van der Waals surface area contributed by atoms with E-state index >= 15 is 0 Å². The minimum atomic E-state index is -4.24. The van der Waals surface area contributed by atoms with E-state index in [1.54, 1.807) is 6.07 Å². The maximum absolute atomic E-state index is 12.8. The molecular formula is C23H27ClF3N5OS. The van der Waals surface area contributed by atoms with Crippen LogP contribution >= 0.6 is 23.7 Å². The normalized spacial score (nSPS) is 18.4. The molecule has 184 valence electrons. The monoisotopic (exact) mass is 513 g/mol. The summed E-state index contributed by atoms with van der Waals surface area (Å²) in [4.78, 5) is 20.4. The summed E-state index contributed by atoms with van der Waals surface area (Å²) in [5, 5.41) is 10.5. The topological polar surface area (TPSA) is 78.9 Å². The van der Waals surface area contributed by atoms with Crippen molar-refractivity contribution in [2.24, 2.45) is 0 Å². The molecule has 0 bridgehead atoms. The number of amides is 1. The molecule has 11 heteroatoms. The average Bonchev–Trinajstić information content (AvgIpc) is 3.15. The van der Waals surface area contributed by atoms with Gasteiger partial charge < -0.3 is 16.0 Å². The standard InChI is InChI=1S/C23H26F3N5OS.ClH/c1-14(32)30-16-7-5-15(6-8-16)12-27-17-3-2-4-18(9-17)31-21-20-10-19(11-23(24,25)26)33-22(20)29-13-28-21;/h5-8,10,13,17-18,27H,2-4,9,11-12H2,1H3,(H,30,32)(H,28,29,31);1H/t17-,18+;/m0./s1. The minimum absolute atomic E-state index is 0. The molecule has 4 rings (SSSR count). The number of hydrogen-bond donors (Lipinski definition) is 3. The molecule has 0 spiro atoms. The number of benzene rings is 1. The van der Waals surface area contributed by atoms with E-state index in [2.05, 4.69) is 25.9 Å². The third-order valence-electron chi connectivity index (χ3n) is 5.64. The van der Waals surface area contributed by atoms with Gasteiger partial charge >= 0.3 is 6.18 Å². The highest BCUT2D eigenvalue weighted by Gasteiger charge is 2.29. The molecule has 0 aliphatic heterocycles. The molecule has 2 heterocycles. The molecule has 2 atom stereocenters. The first kappa shape index (κ1) is 26.2. The molecule has 1 aliphatic carbocycles. The van der Waals surface area contributed by atoms with Crippen molar-refractivity contribution in [2.45, 2.75) is 63.8 Å². The van der Waals surface area contributed by atoms with Gasteiger partial charge in [0.25, 0.3) is 0 Å². The number of halogens is 4. The van der Waals surface area contributed by atoms with Crippen LogP contribution in [0.25, 0.3) is 10.2 Å². The first-order chi connectivity index (χ1) is 15.7. The highest BCUT2D eigenvalue weighted by molar-refractivity contribution is 7.18. The zero-order chi connectivity index (χ0) is 23.4. The Kier molecular flexibility index (Phi) is 8.72. The summed E-state index contributed by atoms with van der Waals surface area (Å²) in [5.74, 6) is 0.505. The van der Waals surface area contributed by atoms with Crippen LogP contribution in [-0.4, -0.2) is 34.1 Å². The smallest absolute Gasteiger partial charge is 0.367 e. The quantitative estimate of drug-likeness (QED) is 0.378. The summed E-state index contributed by atoms with van der Waals surface area (Å²) in [6.07, 6.45) is 0.206. The molecule has 1 aliphatic rings. The van der Waals surface area contributed by atoms with E-state index in [4.69, 9.17) is 0 Å². The Morgan fingerprint density at radius 2 is 1.88 bits per heavy atom. The number of anilines is 2. The van der Waals surface area contributed by atoms with Crippen LogP contribution in [0.5, 0.6) is 0 Å². The van der Waals surface area contributed by atoms with Gasteiger partial charge in [-0.05, 0) is 49.4 Å². The van der Waals surface area contributed by atoms with Crippen LogP contribution in [0.4, 0.5) is 24.7 Å². The molecule has 34 heavy (non-hydrogen) atoms. The maximum Gasteiger partial charge on any atom is 0.393 e. The van der Waals surface area contributed by atoms with Crippen LogP contribution in [0.2, 0.25) is 0 Å². The molecule has 6 nitrogen and oxygen atoms in total. The van der Waals surface area contributed by atoms with Gasteiger partial charge in [0, 0.05) is 36.1 Å². The maximum atomic E-state index is 12.8. The molecular weight excluding hydrogens is 487 g/mol.